The van der Waals surface area contributed by atoms with Gasteiger partial charge in [0, 0.05) is 5.75 Å². The van der Waals surface area contributed by atoms with Crippen molar-refractivity contribution >= 4 is 11.8 Å². The predicted molar refractivity (Wildman–Crippen MR) is 57.4 cm³/mol. The Kier molecular flexibility index (Phi) is 2.79. The molecule has 1 N–H and O–H groups in total. The normalized spacial score (nSPS) is 22.9. The van der Waals surface area contributed by atoms with Gasteiger partial charge < -0.3 is 5.11 Å². The fourth-order valence-electron chi connectivity index (χ4n) is 1.82. The van der Waals surface area contributed by atoms with Gasteiger partial charge in [-0.3, -0.25) is 0 Å². The van der Waals surface area contributed by atoms with Gasteiger partial charge in [0.25, 0.3) is 0 Å². The van der Waals surface area contributed by atoms with Crippen LogP contribution in [0.1, 0.15) is 24.3 Å². The van der Waals surface area contributed by atoms with E-state index in [4.69, 9.17) is 0 Å². The molecule has 1 unspecified atom stereocenters. The summed E-state index contributed by atoms with van der Waals surface area (Å²) in [5.41, 5.74) is 1.13. The summed E-state index contributed by atoms with van der Waals surface area (Å²) in [6.45, 7) is 0. The van der Waals surface area contributed by atoms with Crippen molar-refractivity contribution in [1.82, 2.24) is 0 Å². The van der Waals surface area contributed by atoms with Gasteiger partial charge in [0.05, 0.1) is 0 Å². The van der Waals surface area contributed by atoms with Crippen LogP contribution in [0.25, 0.3) is 0 Å². The Hall–Kier alpha value is -0.630. The topological polar surface area (TPSA) is 20.2 Å². The molecule has 1 fully saturated rings. The van der Waals surface area contributed by atoms with E-state index in [1.807, 2.05) is 30.0 Å². The van der Waals surface area contributed by atoms with Crippen molar-refractivity contribution in [2.75, 3.05) is 11.5 Å². The monoisotopic (exact) mass is 194 g/mol. The molecule has 0 saturated carbocycles. The molecule has 2 rings (SSSR count). The summed E-state index contributed by atoms with van der Waals surface area (Å²) in [6, 6.07) is 7.73. The average molecular weight is 194 g/mol. The number of benzene rings is 1. The second kappa shape index (κ2) is 4.05. The third-order valence-electron chi connectivity index (χ3n) is 2.54. The van der Waals surface area contributed by atoms with Crippen molar-refractivity contribution < 1.29 is 5.11 Å². The minimum absolute atomic E-state index is 0.468. The van der Waals surface area contributed by atoms with Gasteiger partial charge >= 0.3 is 0 Å². The number of hydrogen-bond donors (Lipinski definition) is 1. The Bertz CT molecular complexity index is 279. The third-order valence-corrected chi connectivity index (χ3v) is 3.75. The molecule has 0 aliphatic carbocycles. The number of thioether (sulfide) groups is 1. The Labute approximate surface area is 83.2 Å². The van der Waals surface area contributed by atoms with Crippen molar-refractivity contribution in [2.24, 2.45) is 0 Å². The van der Waals surface area contributed by atoms with Crippen LogP contribution in [0.3, 0.4) is 0 Å². The third kappa shape index (κ3) is 1.99. The van der Waals surface area contributed by atoms with Gasteiger partial charge in [-0.15, -0.1) is 0 Å². The summed E-state index contributed by atoms with van der Waals surface area (Å²) in [4.78, 5) is 0. The molecule has 1 aromatic carbocycles. The van der Waals surface area contributed by atoms with E-state index < -0.39 is 0 Å². The number of phenols is 1. The molecule has 2 heteroatoms. The number of para-hydroxylation sites is 1. The first-order valence-corrected chi connectivity index (χ1v) is 5.89. The van der Waals surface area contributed by atoms with Crippen molar-refractivity contribution in [2.45, 2.75) is 18.8 Å². The van der Waals surface area contributed by atoms with Crippen molar-refractivity contribution in [3.63, 3.8) is 0 Å². The van der Waals surface area contributed by atoms with Crippen LogP contribution in [0.2, 0.25) is 0 Å². The quantitative estimate of drug-likeness (QED) is 0.741. The van der Waals surface area contributed by atoms with E-state index in [0.717, 1.165) is 11.3 Å². The average Bonchev–Trinajstić information content (AvgIpc) is 2.20. The van der Waals surface area contributed by atoms with E-state index in [-0.39, 0.29) is 0 Å². The van der Waals surface area contributed by atoms with E-state index in [0.29, 0.717) is 11.7 Å². The highest BCUT2D eigenvalue weighted by Gasteiger charge is 2.17. The molecule has 1 saturated heterocycles. The van der Waals surface area contributed by atoms with Gasteiger partial charge in [-0.05, 0) is 36.1 Å². The number of rotatable bonds is 1. The Balaban J connectivity index is 2.18. The molecule has 1 aromatic rings. The molecular weight excluding hydrogens is 180 g/mol. The van der Waals surface area contributed by atoms with E-state index in [1.165, 1.54) is 18.6 Å². The fourth-order valence-corrected chi connectivity index (χ4v) is 2.99. The van der Waals surface area contributed by atoms with Crippen LogP contribution in [0.5, 0.6) is 5.75 Å². The van der Waals surface area contributed by atoms with Crippen molar-refractivity contribution in [3.05, 3.63) is 29.8 Å². The first-order chi connectivity index (χ1) is 6.38. The summed E-state index contributed by atoms with van der Waals surface area (Å²) in [5.74, 6) is 3.48. The maximum absolute atomic E-state index is 9.65. The largest absolute Gasteiger partial charge is 0.508 e. The lowest BCUT2D eigenvalue weighted by Gasteiger charge is -2.22. The molecule has 1 atom stereocenters. The second-order valence-electron chi connectivity index (χ2n) is 3.47. The van der Waals surface area contributed by atoms with Gasteiger partial charge in [-0.2, -0.15) is 11.8 Å². The summed E-state index contributed by atoms with van der Waals surface area (Å²) in [6.07, 6.45) is 2.51. The summed E-state index contributed by atoms with van der Waals surface area (Å²) < 4.78 is 0. The lowest BCUT2D eigenvalue weighted by Crippen LogP contribution is -2.08. The molecule has 13 heavy (non-hydrogen) atoms. The molecule has 0 spiro atoms. The van der Waals surface area contributed by atoms with Crippen LogP contribution in [0.4, 0.5) is 0 Å². The van der Waals surface area contributed by atoms with E-state index in [2.05, 4.69) is 0 Å². The maximum Gasteiger partial charge on any atom is 0.119 e. The minimum Gasteiger partial charge on any atom is -0.508 e. The Morgan fingerprint density at radius 2 is 2.15 bits per heavy atom. The molecule has 1 heterocycles. The molecule has 1 nitrogen and oxygen atoms in total. The molecule has 70 valence electrons. The molecule has 0 radical (unpaired) electrons. The summed E-state index contributed by atoms with van der Waals surface area (Å²) in [5, 5.41) is 9.65. The van der Waals surface area contributed by atoms with Gasteiger partial charge in [-0.25, -0.2) is 0 Å². The van der Waals surface area contributed by atoms with Crippen LogP contribution in [-0.4, -0.2) is 16.6 Å². The van der Waals surface area contributed by atoms with Gasteiger partial charge in [0.1, 0.15) is 5.75 Å². The number of aromatic hydroxyl groups is 1. The zero-order chi connectivity index (χ0) is 9.10. The Morgan fingerprint density at radius 1 is 1.31 bits per heavy atom. The van der Waals surface area contributed by atoms with Gasteiger partial charge in [0.15, 0.2) is 0 Å². The molecule has 1 aliphatic rings. The van der Waals surface area contributed by atoms with Crippen LogP contribution in [0, 0.1) is 0 Å². The van der Waals surface area contributed by atoms with E-state index >= 15 is 0 Å². The van der Waals surface area contributed by atoms with Crippen molar-refractivity contribution in [3.8, 4) is 5.75 Å². The minimum atomic E-state index is 0.468. The first kappa shape index (κ1) is 8.95. The molecule has 0 aromatic heterocycles. The zero-order valence-corrected chi connectivity index (χ0v) is 8.39. The molecule has 0 bridgehead atoms. The number of phenolic OH excluding ortho intramolecular Hbond substituents is 1. The Morgan fingerprint density at radius 3 is 2.85 bits per heavy atom. The predicted octanol–water partition coefficient (Wildman–Crippen LogP) is 3.00. The SMILES string of the molecule is Oc1ccccc1C1CCCSC1. The smallest absolute Gasteiger partial charge is 0.119 e. The second-order valence-corrected chi connectivity index (χ2v) is 4.62. The molecular formula is C11H14OS. The lowest BCUT2D eigenvalue weighted by molar-refractivity contribution is 0.460. The van der Waals surface area contributed by atoms with Crippen LogP contribution in [0.15, 0.2) is 24.3 Å². The molecule has 1 aliphatic heterocycles. The van der Waals surface area contributed by atoms with Crippen LogP contribution in [-0.2, 0) is 0 Å². The fraction of sp³-hybridized carbons (Fsp3) is 0.455. The van der Waals surface area contributed by atoms with E-state index in [1.54, 1.807) is 6.07 Å². The van der Waals surface area contributed by atoms with Crippen LogP contribution < -0.4 is 0 Å². The lowest BCUT2D eigenvalue weighted by atomic mass is 9.95. The zero-order valence-electron chi connectivity index (χ0n) is 7.57. The van der Waals surface area contributed by atoms with Gasteiger partial charge in [-0.1, -0.05) is 18.2 Å². The highest BCUT2D eigenvalue weighted by molar-refractivity contribution is 7.99. The maximum atomic E-state index is 9.65. The first-order valence-electron chi connectivity index (χ1n) is 4.73. The summed E-state index contributed by atoms with van der Waals surface area (Å²) in [7, 11) is 0. The summed E-state index contributed by atoms with van der Waals surface area (Å²) >= 11 is 2.00. The van der Waals surface area contributed by atoms with Gasteiger partial charge in [0.2, 0.25) is 0 Å². The van der Waals surface area contributed by atoms with Crippen LogP contribution >= 0.6 is 11.8 Å². The molecule has 0 amide bonds. The highest BCUT2D eigenvalue weighted by Crippen LogP contribution is 2.35. The number of hydrogen-bond acceptors (Lipinski definition) is 2. The van der Waals surface area contributed by atoms with Crippen molar-refractivity contribution in [1.29, 1.82) is 0 Å². The van der Waals surface area contributed by atoms with E-state index in [9.17, 15) is 5.11 Å². The highest BCUT2D eigenvalue weighted by atomic mass is 32.2. The standard InChI is InChI=1S/C11H14OS/c12-11-6-2-1-5-10(11)9-4-3-7-13-8-9/h1-2,5-6,9,12H,3-4,7-8H2.